The third kappa shape index (κ3) is 1.83. The summed E-state index contributed by atoms with van der Waals surface area (Å²) in [5, 5.41) is 37.8. The second kappa shape index (κ2) is 4.82. The molecule has 1 unspecified atom stereocenters. The molecule has 4 heterocycles. The van der Waals surface area contributed by atoms with E-state index in [1.165, 1.54) is 0 Å². The first kappa shape index (κ1) is 12.8. The molecule has 0 aliphatic rings. The second-order valence-corrected chi connectivity index (χ2v) is 4.72. The Morgan fingerprint density at radius 3 is 2.68 bits per heavy atom. The van der Waals surface area contributed by atoms with E-state index in [0.29, 0.717) is 27.9 Å². The molecule has 0 fully saturated rings. The Balaban J connectivity index is 2.00. The number of aromatic amines is 2. The van der Waals surface area contributed by atoms with Gasteiger partial charge in [0.25, 0.3) is 0 Å². The summed E-state index contributed by atoms with van der Waals surface area (Å²) in [5.74, 6) is 0.401. The molecule has 0 saturated carbocycles. The van der Waals surface area contributed by atoms with E-state index < -0.39 is 6.10 Å². The zero-order chi connectivity index (χ0) is 15.1. The van der Waals surface area contributed by atoms with Crippen LogP contribution in [0.1, 0.15) is 17.6 Å². The van der Waals surface area contributed by atoms with Gasteiger partial charge in [-0.15, -0.1) is 20.4 Å². The van der Waals surface area contributed by atoms with E-state index in [-0.39, 0.29) is 5.82 Å². The van der Waals surface area contributed by atoms with Crippen molar-refractivity contribution in [3.8, 4) is 11.5 Å². The Morgan fingerprint density at radius 2 is 1.95 bits per heavy atom. The highest BCUT2D eigenvalue weighted by molar-refractivity contribution is 6.31. The number of imidazole rings is 1. The highest BCUT2D eigenvalue weighted by Crippen LogP contribution is 2.30. The minimum atomic E-state index is -1.20. The van der Waals surface area contributed by atoms with E-state index in [1.54, 1.807) is 22.7 Å². The average molecular weight is 319 g/mol. The van der Waals surface area contributed by atoms with Gasteiger partial charge in [-0.3, -0.25) is 4.40 Å². The van der Waals surface area contributed by atoms with Crippen LogP contribution in [0.3, 0.4) is 0 Å². The normalized spacial score (nSPS) is 12.8. The Labute approximate surface area is 126 Å². The number of fused-ring (bicyclic) bond motifs is 1. The zero-order valence-corrected chi connectivity index (χ0v) is 11.5. The number of tetrazole rings is 2. The van der Waals surface area contributed by atoms with Crippen molar-refractivity contribution in [3.63, 3.8) is 0 Å². The molecule has 110 valence electrons. The number of aliphatic hydroxyl groups is 1. The topological polar surface area (TPSA) is 146 Å². The highest BCUT2D eigenvalue weighted by Gasteiger charge is 2.24. The lowest BCUT2D eigenvalue weighted by Crippen LogP contribution is -2.10. The largest absolute Gasteiger partial charge is 0.379 e. The van der Waals surface area contributed by atoms with Gasteiger partial charge in [0.05, 0.1) is 16.9 Å². The molecule has 4 rings (SSSR count). The SMILES string of the molecule is OC(c1nn[nH]n1)c1c(Cl)ccc2ncc(-c3nn[nH]n3)n12. The van der Waals surface area contributed by atoms with Crippen molar-refractivity contribution in [2.75, 3.05) is 0 Å². The number of halogens is 1. The number of aliphatic hydroxyl groups excluding tert-OH is 1. The van der Waals surface area contributed by atoms with Gasteiger partial charge in [0.15, 0.2) is 6.10 Å². The minimum Gasteiger partial charge on any atom is -0.379 e. The molecule has 11 nitrogen and oxygen atoms in total. The summed E-state index contributed by atoms with van der Waals surface area (Å²) in [4.78, 5) is 4.25. The molecule has 3 N–H and O–H groups in total. The molecule has 0 saturated heterocycles. The molecule has 12 heteroatoms. The van der Waals surface area contributed by atoms with Crippen LogP contribution in [-0.2, 0) is 0 Å². The van der Waals surface area contributed by atoms with E-state index in [1.807, 2.05) is 0 Å². The number of nitrogens with zero attached hydrogens (tertiary/aromatic N) is 8. The first-order valence-electron chi connectivity index (χ1n) is 6.07. The maximum Gasteiger partial charge on any atom is 0.223 e. The molecular weight excluding hydrogens is 312 g/mol. The molecule has 0 spiro atoms. The van der Waals surface area contributed by atoms with E-state index >= 15 is 0 Å². The summed E-state index contributed by atoms with van der Waals surface area (Å²) in [5.41, 5.74) is 1.41. The Kier molecular flexibility index (Phi) is 2.80. The molecule has 0 radical (unpaired) electrons. The van der Waals surface area contributed by atoms with Gasteiger partial charge >= 0.3 is 0 Å². The van der Waals surface area contributed by atoms with Gasteiger partial charge in [-0.25, -0.2) is 4.98 Å². The molecule has 0 aliphatic carbocycles. The van der Waals surface area contributed by atoms with Crippen LogP contribution >= 0.6 is 11.6 Å². The summed E-state index contributed by atoms with van der Waals surface area (Å²) in [7, 11) is 0. The molecule has 4 aromatic heterocycles. The maximum absolute atomic E-state index is 10.5. The molecule has 0 amide bonds. The van der Waals surface area contributed by atoms with E-state index in [4.69, 9.17) is 11.6 Å². The molecule has 0 bridgehead atoms. The summed E-state index contributed by atoms with van der Waals surface area (Å²) in [6, 6.07) is 3.33. The lowest BCUT2D eigenvalue weighted by atomic mass is 10.2. The number of aromatic nitrogens is 10. The van der Waals surface area contributed by atoms with Crippen LogP contribution in [0.15, 0.2) is 18.3 Å². The van der Waals surface area contributed by atoms with Crippen molar-refractivity contribution in [3.05, 3.63) is 34.9 Å². The third-order valence-corrected chi connectivity index (χ3v) is 3.41. The molecular formula is C10H7ClN10O. The molecule has 22 heavy (non-hydrogen) atoms. The molecule has 0 aromatic carbocycles. The van der Waals surface area contributed by atoms with Gasteiger partial charge in [-0.05, 0) is 17.3 Å². The number of hydrogen-bond acceptors (Lipinski definition) is 8. The lowest BCUT2D eigenvalue weighted by molar-refractivity contribution is 0.204. The third-order valence-electron chi connectivity index (χ3n) is 3.09. The van der Waals surface area contributed by atoms with Crippen LogP contribution in [-0.4, -0.2) is 55.7 Å². The maximum atomic E-state index is 10.5. The van der Waals surface area contributed by atoms with Crippen molar-refractivity contribution in [2.24, 2.45) is 0 Å². The van der Waals surface area contributed by atoms with Gasteiger partial charge in [0.2, 0.25) is 11.6 Å². The number of rotatable bonds is 3. The molecule has 4 aromatic rings. The van der Waals surface area contributed by atoms with Crippen molar-refractivity contribution in [2.45, 2.75) is 6.10 Å². The number of nitrogens with one attached hydrogen (secondary N) is 2. The van der Waals surface area contributed by atoms with Gasteiger partial charge in [0.1, 0.15) is 11.3 Å². The average Bonchev–Trinajstić information content (AvgIpc) is 3.26. The lowest BCUT2D eigenvalue weighted by Gasteiger charge is -2.13. The van der Waals surface area contributed by atoms with Crippen LogP contribution in [0.25, 0.3) is 17.2 Å². The standard InChI is InChI=1S/C10H7ClN10O/c11-4-1-2-6-12-3-5(9-13-17-18-14-9)21(6)7(4)8(22)10-15-19-20-16-10/h1-3,8,22H,(H,13,14,17,18)(H,15,16,19,20). The first-order valence-corrected chi connectivity index (χ1v) is 6.44. The summed E-state index contributed by atoms with van der Waals surface area (Å²) < 4.78 is 1.62. The first-order chi connectivity index (χ1) is 10.8. The van der Waals surface area contributed by atoms with Crippen LogP contribution < -0.4 is 0 Å². The summed E-state index contributed by atoms with van der Waals surface area (Å²) in [6.07, 6.45) is 0.359. The van der Waals surface area contributed by atoms with Crippen molar-refractivity contribution < 1.29 is 5.11 Å². The van der Waals surface area contributed by atoms with Gasteiger partial charge in [-0.2, -0.15) is 10.4 Å². The predicted molar refractivity (Wildman–Crippen MR) is 71.6 cm³/mol. The van der Waals surface area contributed by atoms with Crippen LogP contribution in [0.4, 0.5) is 0 Å². The predicted octanol–water partition coefficient (Wildman–Crippen LogP) is -0.237. The number of pyridine rings is 1. The number of hydrogen-bond donors (Lipinski definition) is 3. The fraction of sp³-hybridized carbons (Fsp3) is 0.100. The fourth-order valence-electron chi connectivity index (χ4n) is 2.17. The van der Waals surface area contributed by atoms with Crippen molar-refractivity contribution >= 4 is 17.2 Å². The summed E-state index contributed by atoms with van der Waals surface area (Å²) in [6.45, 7) is 0. The van der Waals surface area contributed by atoms with E-state index in [0.717, 1.165) is 0 Å². The molecule has 0 aliphatic heterocycles. The quantitative estimate of drug-likeness (QED) is 0.469. The Hall–Kier alpha value is -2.92. The van der Waals surface area contributed by atoms with Crippen LogP contribution in [0.2, 0.25) is 5.02 Å². The van der Waals surface area contributed by atoms with Crippen molar-refractivity contribution in [1.82, 2.24) is 50.6 Å². The number of H-pyrrole nitrogens is 2. The van der Waals surface area contributed by atoms with Crippen molar-refractivity contribution in [1.29, 1.82) is 0 Å². The van der Waals surface area contributed by atoms with Crippen LogP contribution in [0.5, 0.6) is 0 Å². The Bertz CT molecular complexity index is 915. The minimum absolute atomic E-state index is 0.0853. The fourth-order valence-corrected chi connectivity index (χ4v) is 2.42. The Morgan fingerprint density at radius 1 is 1.14 bits per heavy atom. The van der Waals surface area contributed by atoms with Gasteiger partial charge < -0.3 is 5.11 Å². The van der Waals surface area contributed by atoms with Crippen LogP contribution in [0, 0.1) is 0 Å². The summed E-state index contributed by atoms with van der Waals surface area (Å²) >= 11 is 6.25. The van der Waals surface area contributed by atoms with Gasteiger partial charge in [0, 0.05) is 0 Å². The second-order valence-electron chi connectivity index (χ2n) is 4.31. The molecule has 1 atom stereocenters. The zero-order valence-electron chi connectivity index (χ0n) is 10.7. The highest BCUT2D eigenvalue weighted by atomic mass is 35.5. The van der Waals surface area contributed by atoms with E-state index in [2.05, 4.69) is 46.2 Å². The van der Waals surface area contributed by atoms with E-state index in [9.17, 15) is 5.11 Å². The van der Waals surface area contributed by atoms with Gasteiger partial charge in [-0.1, -0.05) is 16.8 Å². The monoisotopic (exact) mass is 318 g/mol. The smallest absolute Gasteiger partial charge is 0.223 e.